The zero-order valence-electron chi connectivity index (χ0n) is 11.3. The lowest BCUT2D eigenvalue weighted by Crippen LogP contribution is -2.24. The van der Waals surface area contributed by atoms with Gasteiger partial charge >= 0.3 is 0 Å². The van der Waals surface area contributed by atoms with Crippen molar-refractivity contribution in [2.45, 2.75) is 20.4 Å². The average Bonchev–Trinajstić information content (AvgIpc) is 2.81. The summed E-state index contributed by atoms with van der Waals surface area (Å²) in [5.41, 5.74) is 3.45. The van der Waals surface area contributed by atoms with E-state index in [1.165, 1.54) is 0 Å². The normalized spacial score (nSPS) is 10.3. The van der Waals surface area contributed by atoms with Crippen LogP contribution in [0.25, 0.3) is 0 Å². The molecule has 0 spiro atoms. The Balaban J connectivity index is 2.09. The second-order valence-corrected chi connectivity index (χ2v) is 5.40. The van der Waals surface area contributed by atoms with Crippen LogP contribution >= 0.6 is 11.3 Å². The van der Waals surface area contributed by atoms with Crippen molar-refractivity contribution in [3.8, 4) is 0 Å². The first kappa shape index (κ1) is 13.5. The van der Waals surface area contributed by atoms with Crippen molar-refractivity contribution < 1.29 is 4.79 Å². The molecule has 0 fully saturated rings. The number of carbonyl (C=O) groups excluding carboxylic acids is 1. The van der Waals surface area contributed by atoms with Crippen molar-refractivity contribution in [1.82, 2.24) is 10.3 Å². The smallest absolute Gasteiger partial charge is 0.253 e. The van der Waals surface area contributed by atoms with Crippen LogP contribution in [0.2, 0.25) is 0 Å². The van der Waals surface area contributed by atoms with Crippen LogP contribution < -0.4 is 10.6 Å². The molecule has 1 heterocycles. The highest BCUT2D eigenvalue weighted by atomic mass is 32.1. The van der Waals surface area contributed by atoms with E-state index in [1.807, 2.05) is 44.5 Å². The van der Waals surface area contributed by atoms with Gasteiger partial charge in [0.1, 0.15) is 0 Å². The lowest BCUT2D eigenvalue weighted by molar-refractivity contribution is 0.0951. The van der Waals surface area contributed by atoms with Gasteiger partial charge in [0.2, 0.25) is 0 Å². The van der Waals surface area contributed by atoms with Crippen molar-refractivity contribution >= 4 is 22.9 Å². The van der Waals surface area contributed by atoms with Gasteiger partial charge in [-0.25, -0.2) is 4.98 Å². The second kappa shape index (κ2) is 5.84. The van der Waals surface area contributed by atoms with Gasteiger partial charge in [-0.15, -0.1) is 11.3 Å². The molecular weight excluding hydrogens is 258 g/mol. The molecule has 0 aliphatic heterocycles. The van der Waals surface area contributed by atoms with Crippen molar-refractivity contribution in [3.05, 3.63) is 45.4 Å². The second-order valence-electron chi connectivity index (χ2n) is 4.34. The molecule has 1 aromatic heterocycles. The van der Waals surface area contributed by atoms with E-state index in [1.54, 1.807) is 11.3 Å². The largest absolute Gasteiger partial charge is 0.387 e. The molecule has 2 aromatic rings. The van der Waals surface area contributed by atoms with Crippen LogP contribution in [-0.2, 0) is 6.54 Å². The van der Waals surface area contributed by atoms with Gasteiger partial charge in [-0.2, -0.15) is 0 Å². The first-order valence-corrected chi connectivity index (χ1v) is 6.95. The summed E-state index contributed by atoms with van der Waals surface area (Å²) in [6.45, 7) is 4.38. The van der Waals surface area contributed by atoms with E-state index < -0.39 is 0 Å². The zero-order valence-corrected chi connectivity index (χ0v) is 12.1. The number of hydrogen-bond acceptors (Lipinski definition) is 4. The minimum atomic E-state index is -0.0845. The highest BCUT2D eigenvalue weighted by Crippen LogP contribution is 2.17. The Kier molecular flexibility index (Phi) is 4.16. The molecule has 0 saturated heterocycles. The van der Waals surface area contributed by atoms with Gasteiger partial charge in [-0.3, -0.25) is 4.79 Å². The summed E-state index contributed by atoms with van der Waals surface area (Å²) in [6, 6.07) is 5.77. The fourth-order valence-corrected chi connectivity index (χ4v) is 2.43. The van der Waals surface area contributed by atoms with Crippen molar-refractivity contribution in [3.63, 3.8) is 0 Å². The maximum absolute atomic E-state index is 12.2. The molecule has 2 rings (SSSR count). The highest BCUT2D eigenvalue weighted by Gasteiger charge is 2.11. The van der Waals surface area contributed by atoms with Gasteiger partial charge in [-0.05, 0) is 26.0 Å². The minimum Gasteiger partial charge on any atom is -0.387 e. The summed E-state index contributed by atoms with van der Waals surface area (Å²) < 4.78 is 0. The summed E-state index contributed by atoms with van der Waals surface area (Å²) in [5.74, 6) is -0.0845. The number of thiazole rings is 1. The maximum atomic E-state index is 12.2. The number of nitrogens with one attached hydrogen (secondary N) is 2. The summed E-state index contributed by atoms with van der Waals surface area (Å²) in [5, 5.41) is 8.90. The highest BCUT2D eigenvalue weighted by molar-refractivity contribution is 7.09. The molecule has 0 saturated carbocycles. The number of carbonyl (C=O) groups is 1. The summed E-state index contributed by atoms with van der Waals surface area (Å²) in [6.07, 6.45) is 0. The predicted octanol–water partition coefficient (Wildman–Crippen LogP) is 2.73. The molecule has 19 heavy (non-hydrogen) atoms. The van der Waals surface area contributed by atoms with Crippen LogP contribution in [-0.4, -0.2) is 17.9 Å². The molecule has 0 aliphatic rings. The minimum absolute atomic E-state index is 0.0845. The van der Waals surface area contributed by atoms with Crippen LogP contribution in [0.5, 0.6) is 0 Å². The van der Waals surface area contributed by atoms with Crippen LogP contribution in [0.1, 0.15) is 26.6 Å². The fourth-order valence-electron chi connectivity index (χ4n) is 1.82. The number of hydrogen-bond donors (Lipinski definition) is 2. The van der Waals surface area contributed by atoms with E-state index >= 15 is 0 Å². The monoisotopic (exact) mass is 275 g/mol. The van der Waals surface area contributed by atoms with E-state index in [0.717, 1.165) is 22.0 Å². The molecule has 0 aliphatic carbocycles. The quantitative estimate of drug-likeness (QED) is 0.902. The third kappa shape index (κ3) is 3.32. The van der Waals surface area contributed by atoms with E-state index in [4.69, 9.17) is 0 Å². The molecule has 0 atom stereocenters. The topological polar surface area (TPSA) is 54.0 Å². The van der Waals surface area contributed by atoms with E-state index in [-0.39, 0.29) is 5.91 Å². The molecule has 4 nitrogen and oxygen atoms in total. The van der Waals surface area contributed by atoms with E-state index in [2.05, 4.69) is 15.6 Å². The Morgan fingerprint density at radius 2 is 2.16 bits per heavy atom. The van der Waals surface area contributed by atoms with Gasteiger partial charge in [0, 0.05) is 18.1 Å². The van der Waals surface area contributed by atoms with Crippen molar-refractivity contribution in [2.75, 3.05) is 12.4 Å². The first-order valence-electron chi connectivity index (χ1n) is 6.07. The third-order valence-electron chi connectivity index (χ3n) is 2.79. The van der Waals surface area contributed by atoms with Gasteiger partial charge < -0.3 is 10.6 Å². The lowest BCUT2D eigenvalue weighted by atomic mass is 10.1. The van der Waals surface area contributed by atoms with Crippen LogP contribution in [0, 0.1) is 13.8 Å². The number of nitrogens with zero attached hydrogens (tertiary/aromatic N) is 1. The summed E-state index contributed by atoms with van der Waals surface area (Å²) in [7, 11) is 1.81. The van der Waals surface area contributed by atoms with Crippen molar-refractivity contribution in [2.24, 2.45) is 0 Å². The molecule has 2 N–H and O–H groups in total. The molecule has 5 heteroatoms. The summed E-state index contributed by atoms with van der Waals surface area (Å²) in [4.78, 5) is 16.5. The standard InChI is InChI=1S/C14H17N3OS/c1-9-4-5-13(15-3)12(6-9)14(18)16-7-11-8-19-10(2)17-11/h4-6,8,15H,7H2,1-3H3,(H,16,18). The van der Waals surface area contributed by atoms with Gasteiger partial charge in [0.25, 0.3) is 5.91 Å². The molecule has 1 amide bonds. The van der Waals surface area contributed by atoms with Crippen LogP contribution in [0.4, 0.5) is 5.69 Å². The Hall–Kier alpha value is -1.88. The Morgan fingerprint density at radius 3 is 2.79 bits per heavy atom. The van der Waals surface area contributed by atoms with E-state index in [0.29, 0.717) is 12.1 Å². The van der Waals surface area contributed by atoms with Gasteiger partial charge in [0.15, 0.2) is 0 Å². The SMILES string of the molecule is CNc1ccc(C)cc1C(=O)NCc1csc(C)n1. The summed E-state index contributed by atoms with van der Waals surface area (Å²) >= 11 is 1.59. The maximum Gasteiger partial charge on any atom is 0.253 e. The predicted molar refractivity (Wildman–Crippen MR) is 78.7 cm³/mol. The molecular formula is C14H17N3OS. The Labute approximate surface area is 116 Å². The number of rotatable bonds is 4. The molecule has 1 aromatic carbocycles. The fraction of sp³-hybridized carbons (Fsp3) is 0.286. The van der Waals surface area contributed by atoms with E-state index in [9.17, 15) is 4.79 Å². The molecule has 0 bridgehead atoms. The van der Waals surface area contributed by atoms with Crippen LogP contribution in [0.3, 0.4) is 0 Å². The number of amides is 1. The van der Waals surface area contributed by atoms with Gasteiger partial charge in [0.05, 0.1) is 22.8 Å². The average molecular weight is 275 g/mol. The van der Waals surface area contributed by atoms with Crippen molar-refractivity contribution in [1.29, 1.82) is 0 Å². The van der Waals surface area contributed by atoms with Crippen LogP contribution in [0.15, 0.2) is 23.6 Å². The number of anilines is 1. The number of benzene rings is 1. The Bertz CT molecular complexity index is 592. The number of aromatic nitrogens is 1. The first-order chi connectivity index (χ1) is 9.10. The number of aryl methyl sites for hydroxylation is 2. The Morgan fingerprint density at radius 1 is 1.37 bits per heavy atom. The molecule has 0 unspecified atom stereocenters. The van der Waals surface area contributed by atoms with Gasteiger partial charge in [-0.1, -0.05) is 11.6 Å². The zero-order chi connectivity index (χ0) is 13.8. The molecule has 0 radical (unpaired) electrons. The molecule has 100 valence electrons. The lowest BCUT2D eigenvalue weighted by Gasteiger charge is -2.10. The third-order valence-corrected chi connectivity index (χ3v) is 3.61.